The van der Waals surface area contributed by atoms with E-state index in [-0.39, 0.29) is 35.0 Å². The molecular formula is C13H16ClNO5. The highest BCUT2D eigenvalue weighted by Crippen LogP contribution is 2.27. The maximum Gasteiger partial charge on any atom is 0.335 e. The molecule has 2 unspecified atom stereocenters. The van der Waals surface area contributed by atoms with Crippen LogP contribution in [0.15, 0.2) is 18.2 Å². The summed E-state index contributed by atoms with van der Waals surface area (Å²) in [6.07, 6.45) is -2.22. The molecule has 0 spiro atoms. The highest BCUT2D eigenvalue weighted by atomic mass is 35.5. The van der Waals surface area contributed by atoms with Crippen LogP contribution in [0.3, 0.4) is 0 Å². The fourth-order valence-electron chi connectivity index (χ4n) is 1.66. The third-order valence-electron chi connectivity index (χ3n) is 2.74. The van der Waals surface area contributed by atoms with E-state index in [9.17, 15) is 19.8 Å². The molecule has 0 saturated heterocycles. The Morgan fingerprint density at radius 1 is 1.35 bits per heavy atom. The Bertz CT molecular complexity index is 506. The van der Waals surface area contributed by atoms with Gasteiger partial charge in [0.2, 0.25) is 5.91 Å². The number of carbonyl (C=O) groups excluding carboxylic acids is 1. The van der Waals surface area contributed by atoms with Gasteiger partial charge in [0.25, 0.3) is 0 Å². The molecule has 2 atom stereocenters. The minimum atomic E-state index is -1.25. The molecule has 0 radical (unpaired) electrons. The van der Waals surface area contributed by atoms with Crippen molar-refractivity contribution in [1.82, 2.24) is 5.32 Å². The topological polar surface area (TPSA) is 107 Å². The zero-order valence-corrected chi connectivity index (χ0v) is 11.6. The fourth-order valence-corrected chi connectivity index (χ4v) is 1.95. The van der Waals surface area contributed by atoms with Gasteiger partial charge in [0.1, 0.15) is 6.10 Å². The molecule has 0 aliphatic heterocycles. The third-order valence-corrected chi connectivity index (χ3v) is 3.07. The number of rotatable bonds is 6. The van der Waals surface area contributed by atoms with Crippen LogP contribution in [0.25, 0.3) is 0 Å². The standard InChI is InChI=1S/C13H16ClNO5/c1-7(16)15-5-4-11(17)12(18)9-3-2-8(13(19)20)6-10(9)14/h2-3,6,11-12,17-18H,4-5H2,1H3,(H,15,16)(H,19,20). The minimum absolute atomic E-state index is 0.00122. The van der Waals surface area contributed by atoms with Crippen molar-refractivity contribution in [2.75, 3.05) is 6.54 Å². The van der Waals surface area contributed by atoms with E-state index in [2.05, 4.69) is 5.32 Å². The average Bonchev–Trinajstić information content (AvgIpc) is 2.37. The van der Waals surface area contributed by atoms with Crippen molar-refractivity contribution in [1.29, 1.82) is 0 Å². The van der Waals surface area contributed by atoms with E-state index in [1.807, 2.05) is 0 Å². The van der Waals surface area contributed by atoms with Gasteiger partial charge in [-0.05, 0) is 18.6 Å². The zero-order valence-electron chi connectivity index (χ0n) is 10.8. The smallest absolute Gasteiger partial charge is 0.335 e. The quantitative estimate of drug-likeness (QED) is 0.626. The lowest BCUT2D eigenvalue weighted by Gasteiger charge is -2.19. The van der Waals surface area contributed by atoms with Gasteiger partial charge in [-0.15, -0.1) is 0 Å². The molecule has 0 saturated carbocycles. The molecule has 7 heteroatoms. The molecule has 1 amide bonds. The second-order valence-electron chi connectivity index (χ2n) is 4.33. The van der Waals surface area contributed by atoms with Gasteiger partial charge in [0, 0.05) is 24.1 Å². The number of aliphatic hydroxyl groups excluding tert-OH is 2. The van der Waals surface area contributed by atoms with E-state index in [0.717, 1.165) is 0 Å². The van der Waals surface area contributed by atoms with Crippen molar-refractivity contribution < 1.29 is 24.9 Å². The summed E-state index contributed by atoms with van der Waals surface area (Å²) in [5, 5.41) is 31.2. The highest BCUT2D eigenvalue weighted by molar-refractivity contribution is 6.31. The number of carboxylic acid groups (broad SMARTS) is 1. The Hall–Kier alpha value is -1.63. The lowest BCUT2D eigenvalue weighted by Crippen LogP contribution is -2.27. The maximum atomic E-state index is 10.8. The predicted octanol–water partition coefficient (Wildman–Crippen LogP) is 0.959. The van der Waals surface area contributed by atoms with Gasteiger partial charge in [-0.2, -0.15) is 0 Å². The Kier molecular flexibility index (Phi) is 5.94. The number of aliphatic hydroxyl groups is 2. The molecule has 0 aliphatic rings. The molecule has 20 heavy (non-hydrogen) atoms. The zero-order chi connectivity index (χ0) is 15.3. The molecule has 1 aromatic rings. The molecule has 0 aromatic heterocycles. The Morgan fingerprint density at radius 3 is 2.50 bits per heavy atom. The summed E-state index contributed by atoms with van der Waals surface area (Å²) in [7, 11) is 0. The molecule has 110 valence electrons. The van der Waals surface area contributed by atoms with Crippen molar-refractivity contribution in [3.8, 4) is 0 Å². The van der Waals surface area contributed by atoms with Crippen LogP contribution in [0.2, 0.25) is 5.02 Å². The first kappa shape index (κ1) is 16.4. The van der Waals surface area contributed by atoms with Crippen LogP contribution in [-0.4, -0.2) is 39.8 Å². The Labute approximate surface area is 121 Å². The SMILES string of the molecule is CC(=O)NCCC(O)C(O)c1ccc(C(=O)O)cc1Cl. The summed E-state index contributed by atoms with van der Waals surface area (Å²) in [6.45, 7) is 1.57. The second kappa shape index (κ2) is 7.23. The Balaban J connectivity index is 2.73. The van der Waals surface area contributed by atoms with Crippen molar-refractivity contribution in [3.05, 3.63) is 34.3 Å². The fraction of sp³-hybridized carbons (Fsp3) is 0.385. The van der Waals surface area contributed by atoms with Crippen LogP contribution in [-0.2, 0) is 4.79 Å². The number of nitrogens with one attached hydrogen (secondary N) is 1. The third kappa shape index (κ3) is 4.48. The van der Waals surface area contributed by atoms with E-state index in [4.69, 9.17) is 16.7 Å². The molecular weight excluding hydrogens is 286 g/mol. The Morgan fingerprint density at radius 2 is 2.00 bits per heavy atom. The van der Waals surface area contributed by atoms with Crippen LogP contribution in [0.4, 0.5) is 0 Å². The molecule has 1 aromatic carbocycles. The average molecular weight is 302 g/mol. The number of hydrogen-bond donors (Lipinski definition) is 4. The summed E-state index contributed by atoms with van der Waals surface area (Å²) in [6, 6.07) is 3.87. The van der Waals surface area contributed by atoms with Gasteiger partial charge >= 0.3 is 5.97 Å². The number of amides is 1. The summed E-state index contributed by atoms with van der Waals surface area (Å²) in [4.78, 5) is 21.5. The first-order valence-corrected chi connectivity index (χ1v) is 6.34. The first-order chi connectivity index (χ1) is 9.32. The highest BCUT2D eigenvalue weighted by Gasteiger charge is 2.21. The molecule has 0 aliphatic carbocycles. The summed E-state index contributed by atoms with van der Waals surface area (Å²) < 4.78 is 0. The van der Waals surface area contributed by atoms with Gasteiger partial charge in [0.15, 0.2) is 0 Å². The van der Waals surface area contributed by atoms with Crippen molar-refractivity contribution in [2.24, 2.45) is 0 Å². The van der Waals surface area contributed by atoms with Crippen molar-refractivity contribution in [2.45, 2.75) is 25.6 Å². The van der Waals surface area contributed by atoms with Crippen LogP contribution in [0.5, 0.6) is 0 Å². The number of hydrogen-bond acceptors (Lipinski definition) is 4. The van der Waals surface area contributed by atoms with E-state index in [1.54, 1.807) is 0 Å². The van der Waals surface area contributed by atoms with Crippen LogP contribution in [0, 0.1) is 0 Å². The summed E-state index contributed by atoms with van der Waals surface area (Å²) >= 11 is 5.89. The van der Waals surface area contributed by atoms with E-state index in [0.29, 0.717) is 0 Å². The summed E-state index contributed by atoms with van der Waals surface area (Å²) in [5.74, 6) is -1.35. The lowest BCUT2D eigenvalue weighted by molar-refractivity contribution is -0.119. The van der Waals surface area contributed by atoms with Crippen molar-refractivity contribution in [3.63, 3.8) is 0 Å². The van der Waals surface area contributed by atoms with Gasteiger partial charge in [-0.1, -0.05) is 17.7 Å². The monoisotopic (exact) mass is 301 g/mol. The number of carboxylic acids is 1. The van der Waals surface area contributed by atoms with Crippen molar-refractivity contribution >= 4 is 23.5 Å². The van der Waals surface area contributed by atoms with E-state index in [1.165, 1.54) is 25.1 Å². The van der Waals surface area contributed by atoms with E-state index >= 15 is 0 Å². The van der Waals surface area contributed by atoms with Crippen LogP contribution in [0.1, 0.15) is 35.4 Å². The first-order valence-electron chi connectivity index (χ1n) is 5.96. The molecule has 1 rings (SSSR count). The number of aromatic carboxylic acids is 1. The number of carbonyl (C=O) groups is 2. The molecule has 0 fully saturated rings. The molecule has 4 N–H and O–H groups in total. The predicted molar refractivity (Wildman–Crippen MR) is 72.7 cm³/mol. The van der Waals surface area contributed by atoms with Gasteiger partial charge in [-0.3, -0.25) is 4.79 Å². The largest absolute Gasteiger partial charge is 0.478 e. The number of halogens is 1. The molecule has 0 bridgehead atoms. The number of benzene rings is 1. The summed E-state index contributed by atoms with van der Waals surface area (Å²) in [5.41, 5.74) is 0.241. The van der Waals surface area contributed by atoms with Gasteiger partial charge in [-0.25, -0.2) is 4.79 Å². The normalized spacial score (nSPS) is 13.6. The van der Waals surface area contributed by atoms with E-state index < -0.39 is 18.2 Å². The maximum absolute atomic E-state index is 10.8. The molecule has 6 nitrogen and oxygen atoms in total. The lowest BCUT2D eigenvalue weighted by atomic mass is 10.0. The second-order valence-corrected chi connectivity index (χ2v) is 4.73. The van der Waals surface area contributed by atoms with Gasteiger partial charge < -0.3 is 20.6 Å². The molecule has 0 heterocycles. The van der Waals surface area contributed by atoms with Gasteiger partial charge in [0.05, 0.1) is 11.7 Å². The van der Waals surface area contributed by atoms with Crippen LogP contribution < -0.4 is 5.32 Å². The minimum Gasteiger partial charge on any atom is -0.478 e. The van der Waals surface area contributed by atoms with Crippen LogP contribution >= 0.6 is 11.6 Å².